The molecule has 0 spiro atoms. The number of carboxylic acids is 1. The van der Waals surface area contributed by atoms with Crippen LogP contribution in [0.4, 0.5) is 4.39 Å². The SMILES string of the molecule is CC(Cn1c(/C=C/C(=O)O)cnc1CN1CCC(c2cccc3c2OC(C)(c2ccc(Cl)cc2F)O3)CC1)OC1CC1. The molecule has 222 valence electrons. The molecule has 1 saturated carbocycles. The highest BCUT2D eigenvalue weighted by atomic mass is 35.5. The van der Waals surface area contributed by atoms with Gasteiger partial charge in [0.05, 0.1) is 42.8 Å². The van der Waals surface area contributed by atoms with Gasteiger partial charge in [-0.05, 0) is 82.0 Å². The number of imidazole rings is 1. The van der Waals surface area contributed by atoms with E-state index in [-0.39, 0.29) is 12.0 Å². The van der Waals surface area contributed by atoms with Crippen LogP contribution >= 0.6 is 11.6 Å². The molecule has 3 heterocycles. The molecular formula is C32H35ClFN3O5. The number of hydrogen-bond donors (Lipinski definition) is 1. The third-order valence-corrected chi connectivity index (χ3v) is 8.41. The van der Waals surface area contributed by atoms with E-state index < -0.39 is 17.6 Å². The summed E-state index contributed by atoms with van der Waals surface area (Å²) >= 11 is 5.96. The molecule has 10 heteroatoms. The number of aliphatic carboxylic acids is 1. The molecule has 2 aromatic carbocycles. The van der Waals surface area contributed by atoms with Crippen LogP contribution < -0.4 is 9.47 Å². The first-order chi connectivity index (χ1) is 20.2. The van der Waals surface area contributed by atoms with Gasteiger partial charge in [0.15, 0.2) is 11.5 Å². The van der Waals surface area contributed by atoms with Gasteiger partial charge >= 0.3 is 5.97 Å². The maximum absolute atomic E-state index is 14.8. The van der Waals surface area contributed by atoms with Crippen molar-refractivity contribution in [2.24, 2.45) is 0 Å². The lowest BCUT2D eigenvalue weighted by Crippen LogP contribution is -2.34. The lowest BCUT2D eigenvalue weighted by atomic mass is 9.88. The average molecular weight is 596 g/mol. The number of nitrogens with zero attached hydrogens (tertiary/aromatic N) is 3. The number of hydrogen-bond acceptors (Lipinski definition) is 6. The number of halogens is 2. The largest absolute Gasteiger partial charge is 0.478 e. The van der Waals surface area contributed by atoms with Gasteiger partial charge in [0.1, 0.15) is 11.6 Å². The fourth-order valence-corrected chi connectivity index (χ4v) is 6.09. The van der Waals surface area contributed by atoms with E-state index in [2.05, 4.69) is 27.4 Å². The molecule has 2 unspecified atom stereocenters. The Morgan fingerprint density at radius 3 is 2.74 bits per heavy atom. The smallest absolute Gasteiger partial charge is 0.328 e. The number of para-hydroxylation sites is 1. The lowest BCUT2D eigenvalue weighted by Gasteiger charge is -2.32. The van der Waals surface area contributed by atoms with Gasteiger partial charge in [-0.3, -0.25) is 4.90 Å². The molecule has 1 aliphatic carbocycles. The molecule has 3 aliphatic rings. The second-order valence-electron chi connectivity index (χ2n) is 11.5. The van der Waals surface area contributed by atoms with E-state index in [1.54, 1.807) is 31.3 Å². The predicted molar refractivity (Wildman–Crippen MR) is 156 cm³/mol. The van der Waals surface area contributed by atoms with Gasteiger partial charge in [-0.15, -0.1) is 0 Å². The summed E-state index contributed by atoms with van der Waals surface area (Å²) in [6.07, 6.45) is 8.84. The predicted octanol–water partition coefficient (Wildman–Crippen LogP) is 6.36. The number of aromatic nitrogens is 2. The minimum Gasteiger partial charge on any atom is -0.478 e. The summed E-state index contributed by atoms with van der Waals surface area (Å²) in [6.45, 7) is 6.77. The molecule has 0 amide bonds. The quantitative estimate of drug-likeness (QED) is 0.273. The molecule has 2 aliphatic heterocycles. The van der Waals surface area contributed by atoms with Crippen molar-refractivity contribution < 1.29 is 28.5 Å². The molecule has 6 rings (SSSR count). The molecule has 0 bridgehead atoms. The molecule has 1 N–H and O–H groups in total. The Hall–Kier alpha value is -3.40. The van der Waals surface area contributed by atoms with E-state index in [1.165, 1.54) is 6.07 Å². The van der Waals surface area contributed by atoms with E-state index >= 15 is 0 Å². The van der Waals surface area contributed by atoms with Crippen molar-refractivity contribution in [3.8, 4) is 11.5 Å². The van der Waals surface area contributed by atoms with Crippen molar-refractivity contribution in [3.63, 3.8) is 0 Å². The number of likely N-dealkylation sites (tertiary alicyclic amines) is 1. The Morgan fingerprint density at radius 2 is 2.02 bits per heavy atom. The number of piperidine rings is 1. The van der Waals surface area contributed by atoms with Crippen molar-refractivity contribution in [2.75, 3.05) is 13.1 Å². The number of rotatable bonds is 10. The van der Waals surface area contributed by atoms with Crippen LogP contribution in [0.2, 0.25) is 5.02 Å². The van der Waals surface area contributed by atoms with Gasteiger partial charge in [0.2, 0.25) is 0 Å². The zero-order chi connectivity index (χ0) is 29.4. The van der Waals surface area contributed by atoms with E-state index in [9.17, 15) is 9.18 Å². The number of fused-ring (bicyclic) bond motifs is 1. The van der Waals surface area contributed by atoms with Gasteiger partial charge in [0.25, 0.3) is 5.79 Å². The maximum atomic E-state index is 14.8. The monoisotopic (exact) mass is 595 g/mol. The Morgan fingerprint density at radius 1 is 1.24 bits per heavy atom. The minimum absolute atomic E-state index is 0.00240. The summed E-state index contributed by atoms with van der Waals surface area (Å²) in [5, 5.41) is 9.46. The molecule has 42 heavy (non-hydrogen) atoms. The van der Waals surface area contributed by atoms with E-state index in [1.807, 2.05) is 12.1 Å². The van der Waals surface area contributed by atoms with Crippen LogP contribution in [0.1, 0.15) is 68.1 Å². The number of carboxylic acid groups (broad SMARTS) is 1. The van der Waals surface area contributed by atoms with Gasteiger partial charge in [-0.1, -0.05) is 23.7 Å². The minimum atomic E-state index is -1.28. The summed E-state index contributed by atoms with van der Waals surface area (Å²) in [5.41, 5.74) is 2.12. The summed E-state index contributed by atoms with van der Waals surface area (Å²) in [5.74, 6) is -0.310. The molecular weight excluding hydrogens is 561 g/mol. The van der Waals surface area contributed by atoms with Gasteiger partial charge in [0, 0.05) is 23.6 Å². The van der Waals surface area contributed by atoms with Gasteiger partial charge < -0.3 is 23.9 Å². The average Bonchev–Trinajstić information content (AvgIpc) is 3.57. The second kappa shape index (κ2) is 11.7. The zero-order valence-corrected chi connectivity index (χ0v) is 24.5. The Balaban J connectivity index is 1.13. The van der Waals surface area contributed by atoms with Crippen molar-refractivity contribution in [3.05, 3.63) is 82.2 Å². The third kappa shape index (κ3) is 6.19. The number of carbonyl (C=O) groups is 1. The Kier molecular flexibility index (Phi) is 8.00. The van der Waals surface area contributed by atoms with Crippen molar-refractivity contribution >= 4 is 23.6 Å². The highest BCUT2D eigenvalue weighted by Crippen LogP contribution is 2.49. The van der Waals surface area contributed by atoms with Crippen LogP contribution in [-0.2, 0) is 28.4 Å². The van der Waals surface area contributed by atoms with Crippen LogP contribution in [0.25, 0.3) is 6.08 Å². The molecule has 8 nitrogen and oxygen atoms in total. The van der Waals surface area contributed by atoms with Crippen LogP contribution in [0, 0.1) is 5.82 Å². The number of benzene rings is 2. The Bertz CT molecular complexity index is 1500. The third-order valence-electron chi connectivity index (χ3n) is 8.18. The first kappa shape index (κ1) is 28.7. The lowest BCUT2D eigenvalue weighted by molar-refractivity contribution is -0.131. The second-order valence-corrected chi connectivity index (χ2v) is 12.0. The van der Waals surface area contributed by atoms with Crippen LogP contribution in [0.3, 0.4) is 0 Å². The van der Waals surface area contributed by atoms with Gasteiger partial charge in [-0.2, -0.15) is 0 Å². The number of ether oxygens (including phenoxy) is 3. The standard InChI is InChI=1S/C32H35ClFN3O5/c1-20(40-24-8-9-24)18-37-23(7-11-30(38)39)17-35-29(37)19-36-14-12-21(13-15-36)25-4-3-5-28-31(25)42-32(2,41-28)26-10-6-22(33)16-27(26)34/h3-7,10-11,16-17,20-21,24H,8-9,12-15,18-19H2,1-2H3,(H,38,39)/b11-7+. The first-order valence-electron chi connectivity index (χ1n) is 14.5. The zero-order valence-electron chi connectivity index (χ0n) is 23.8. The van der Waals surface area contributed by atoms with E-state index in [0.717, 1.165) is 61.9 Å². The fourth-order valence-electron chi connectivity index (χ4n) is 5.93. The fraction of sp³-hybridized carbons (Fsp3) is 0.438. The van der Waals surface area contributed by atoms with Crippen molar-refractivity contribution in [1.82, 2.24) is 14.5 Å². The molecule has 0 radical (unpaired) electrons. The van der Waals surface area contributed by atoms with Crippen LogP contribution in [0.5, 0.6) is 11.5 Å². The molecule has 1 saturated heterocycles. The topological polar surface area (TPSA) is 86.1 Å². The highest BCUT2D eigenvalue weighted by Gasteiger charge is 2.43. The van der Waals surface area contributed by atoms with Crippen LogP contribution in [0.15, 0.2) is 48.7 Å². The van der Waals surface area contributed by atoms with Crippen LogP contribution in [-0.4, -0.2) is 50.8 Å². The summed E-state index contributed by atoms with van der Waals surface area (Å²) in [6, 6.07) is 10.4. The maximum Gasteiger partial charge on any atom is 0.328 e. The normalized spacial score (nSPS) is 21.7. The summed E-state index contributed by atoms with van der Waals surface area (Å²) < 4.78 is 35.4. The molecule has 1 aromatic heterocycles. The molecule has 3 aromatic rings. The Labute approximate surface area is 249 Å². The summed E-state index contributed by atoms with van der Waals surface area (Å²) in [7, 11) is 0. The summed E-state index contributed by atoms with van der Waals surface area (Å²) in [4.78, 5) is 18.2. The van der Waals surface area contributed by atoms with Gasteiger partial charge in [-0.25, -0.2) is 14.2 Å². The van der Waals surface area contributed by atoms with Crippen molar-refractivity contribution in [1.29, 1.82) is 0 Å². The van der Waals surface area contributed by atoms with Crippen molar-refractivity contribution in [2.45, 2.75) is 76.5 Å². The van der Waals surface area contributed by atoms with E-state index in [4.69, 9.17) is 30.9 Å². The molecule has 2 atom stereocenters. The first-order valence-corrected chi connectivity index (χ1v) is 14.9. The van der Waals surface area contributed by atoms with E-state index in [0.29, 0.717) is 41.3 Å². The molecule has 2 fully saturated rings. The highest BCUT2D eigenvalue weighted by molar-refractivity contribution is 6.30.